The summed E-state index contributed by atoms with van der Waals surface area (Å²) in [5.74, 6) is 1.87. The molecule has 3 heterocycles. The molecular formula is C19H22N4O4. The first-order valence-corrected chi connectivity index (χ1v) is 9.22. The number of piperidine rings is 1. The second-order valence-corrected chi connectivity index (χ2v) is 6.91. The molecular weight excluding hydrogens is 348 g/mol. The van der Waals surface area contributed by atoms with Crippen LogP contribution in [0.3, 0.4) is 0 Å². The largest absolute Gasteiger partial charge is 0.482 e. The van der Waals surface area contributed by atoms with Gasteiger partial charge in [-0.1, -0.05) is 17.3 Å². The third-order valence-electron chi connectivity index (χ3n) is 5.02. The van der Waals surface area contributed by atoms with Gasteiger partial charge in [-0.2, -0.15) is 4.98 Å². The van der Waals surface area contributed by atoms with Crippen LogP contribution in [0.1, 0.15) is 36.9 Å². The van der Waals surface area contributed by atoms with E-state index in [-0.39, 0.29) is 30.8 Å². The summed E-state index contributed by atoms with van der Waals surface area (Å²) in [7, 11) is 0. The lowest BCUT2D eigenvalue weighted by molar-refractivity contribution is -0.132. The van der Waals surface area contributed by atoms with Crippen molar-refractivity contribution in [3.63, 3.8) is 0 Å². The first-order chi connectivity index (χ1) is 13.1. The van der Waals surface area contributed by atoms with E-state index in [1.54, 1.807) is 11.8 Å². The molecule has 0 radical (unpaired) electrons. The Bertz CT molecular complexity index is 850. The quantitative estimate of drug-likeness (QED) is 0.817. The zero-order valence-corrected chi connectivity index (χ0v) is 15.3. The van der Waals surface area contributed by atoms with E-state index in [4.69, 9.17) is 9.26 Å². The van der Waals surface area contributed by atoms with Crippen LogP contribution >= 0.6 is 0 Å². The lowest BCUT2D eigenvalue weighted by Crippen LogP contribution is -2.43. The highest BCUT2D eigenvalue weighted by atomic mass is 16.5. The van der Waals surface area contributed by atoms with E-state index in [2.05, 4.69) is 10.1 Å². The minimum Gasteiger partial charge on any atom is -0.482 e. The molecule has 1 atom stereocenters. The minimum absolute atomic E-state index is 0.00745. The van der Waals surface area contributed by atoms with E-state index in [1.807, 2.05) is 29.2 Å². The van der Waals surface area contributed by atoms with Gasteiger partial charge in [-0.05, 0) is 31.9 Å². The average Bonchev–Trinajstić information content (AvgIpc) is 3.13. The number of amides is 2. The molecule has 8 nitrogen and oxygen atoms in total. The molecule has 4 rings (SSSR count). The summed E-state index contributed by atoms with van der Waals surface area (Å²) in [6, 6.07) is 7.40. The molecule has 2 aromatic rings. The third kappa shape index (κ3) is 3.65. The second kappa shape index (κ2) is 7.38. The Morgan fingerprint density at radius 2 is 2.19 bits per heavy atom. The smallest absolute Gasteiger partial charge is 0.265 e. The minimum atomic E-state index is -0.126. The van der Waals surface area contributed by atoms with E-state index in [1.165, 1.54) is 0 Å². The van der Waals surface area contributed by atoms with Gasteiger partial charge in [0.1, 0.15) is 5.75 Å². The topological polar surface area (TPSA) is 88.8 Å². The lowest BCUT2D eigenvalue weighted by Gasteiger charge is -2.33. The summed E-state index contributed by atoms with van der Waals surface area (Å²) in [4.78, 5) is 32.7. The van der Waals surface area contributed by atoms with Crippen molar-refractivity contribution in [3.05, 3.63) is 36.0 Å². The predicted molar refractivity (Wildman–Crippen MR) is 96.5 cm³/mol. The van der Waals surface area contributed by atoms with E-state index in [0.717, 1.165) is 25.1 Å². The summed E-state index contributed by atoms with van der Waals surface area (Å²) in [6.07, 6.45) is 2.10. The van der Waals surface area contributed by atoms with Crippen molar-refractivity contribution in [2.24, 2.45) is 0 Å². The highest BCUT2D eigenvalue weighted by molar-refractivity contribution is 5.98. The number of nitrogens with zero attached hydrogens (tertiary/aromatic N) is 4. The molecule has 1 unspecified atom stereocenters. The van der Waals surface area contributed by atoms with Crippen LogP contribution < -0.4 is 9.64 Å². The molecule has 0 saturated carbocycles. The van der Waals surface area contributed by atoms with Crippen LogP contribution in [0.2, 0.25) is 0 Å². The highest BCUT2D eigenvalue weighted by Crippen LogP contribution is 2.32. The van der Waals surface area contributed by atoms with Gasteiger partial charge in [0.2, 0.25) is 11.8 Å². The number of likely N-dealkylation sites (tertiary alicyclic amines) is 1. The van der Waals surface area contributed by atoms with Crippen LogP contribution in [0.25, 0.3) is 0 Å². The molecule has 1 aromatic heterocycles. The Kier molecular flexibility index (Phi) is 4.79. The first-order valence-electron chi connectivity index (χ1n) is 9.22. The van der Waals surface area contributed by atoms with Gasteiger partial charge in [-0.25, -0.2) is 0 Å². The van der Waals surface area contributed by atoms with Gasteiger partial charge >= 0.3 is 0 Å². The number of aryl methyl sites for hydroxylation is 1. The van der Waals surface area contributed by atoms with Crippen LogP contribution in [0.5, 0.6) is 5.75 Å². The molecule has 2 aliphatic heterocycles. The van der Waals surface area contributed by atoms with Crippen molar-refractivity contribution >= 4 is 17.5 Å². The Hall–Kier alpha value is -2.90. The average molecular weight is 370 g/mol. The number of hydrogen-bond acceptors (Lipinski definition) is 6. The Labute approximate surface area is 157 Å². The Morgan fingerprint density at radius 3 is 3.00 bits per heavy atom. The van der Waals surface area contributed by atoms with E-state index in [0.29, 0.717) is 30.6 Å². The van der Waals surface area contributed by atoms with Gasteiger partial charge in [-0.3, -0.25) is 9.59 Å². The summed E-state index contributed by atoms with van der Waals surface area (Å²) in [6.45, 7) is 3.44. The number of fused-ring (bicyclic) bond motifs is 1. The van der Waals surface area contributed by atoms with Crippen LogP contribution in [-0.2, 0) is 9.59 Å². The molecule has 1 fully saturated rings. The van der Waals surface area contributed by atoms with Gasteiger partial charge in [-0.15, -0.1) is 0 Å². The number of anilines is 1. The molecule has 0 bridgehead atoms. The van der Waals surface area contributed by atoms with Crippen molar-refractivity contribution in [1.82, 2.24) is 15.0 Å². The van der Waals surface area contributed by atoms with Gasteiger partial charge in [0.15, 0.2) is 12.4 Å². The molecule has 27 heavy (non-hydrogen) atoms. The Morgan fingerprint density at radius 1 is 1.33 bits per heavy atom. The number of hydrogen-bond donors (Lipinski definition) is 0. The van der Waals surface area contributed by atoms with Crippen LogP contribution in [0.15, 0.2) is 28.8 Å². The van der Waals surface area contributed by atoms with Crippen molar-refractivity contribution in [2.45, 2.75) is 32.1 Å². The number of benzene rings is 1. The monoisotopic (exact) mass is 370 g/mol. The van der Waals surface area contributed by atoms with E-state index < -0.39 is 0 Å². The molecule has 1 aromatic carbocycles. The summed E-state index contributed by atoms with van der Waals surface area (Å²) in [5.41, 5.74) is 0.722. The molecule has 8 heteroatoms. The number of carbonyl (C=O) groups is 2. The number of para-hydroxylation sites is 2. The van der Waals surface area contributed by atoms with Crippen molar-refractivity contribution < 1.29 is 18.8 Å². The first kappa shape index (κ1) is 17.5. The zero-order valence-electron chi connectivity index (χ0n) is 15.3. The van der Waals surface area contributed by atoms with Crippen LogP contribution in [0.4, 0.5) is 5.69 Å². The maximum atomic E-state index is 12.7. The van der Waals surface area contributed by atoms with Gasteiger partial charge < -0.3 is 19.1 Å². The van der Waals surface area contributed by atoms with Gasteiger partial charge in [0.25, 0.3) is 5.91 Å². The number of carbonyl (C=O) groups excluding carboxylic acids is 2. The zero-order chi connectivity index (χ0) is 18.8. The summed E-state index contributed by atoms with van der Waals surface area (Å²) in [5, 5.41) is 3.84. The number of rotatable bonds is 4. The van der Waals surface area contributed by atoms with Crippen molar-refractivity contribution in [3.8, 4) is 5.75 Å². The lowest BCUT2D eigenvalue weighted by atomic mass is 9.97. The summed E-state index contributed by atoms with van der Waals surface area (Å²) >= 11 is 0. The van der Waals surface area contributed by atoms with E-state index in [9.17, 15) is 9.59 Å². The fraction of sp³-hybridized carbons (Fsp3) is 0.474. The van der Waals surface area contributed by atoms with Crippen LogP contribution in [-0.4, -0.2) is 53.1 Å². The maximum Gasteiger partial charge on any atom is 0.265 e. The Balaban J connectivity index is 1.39. The second-order valence-electron chi connectivity index (χ2n) is 6.91. The molecule has 0 N–H and O–H groups in total. The van der Waals surface area contributed by atoms with Gasteiger partial charge in [0.05, 0.1) is 11.6 Å². The van der Waals surface area contributed by atoms with Crippen molar-refractivity contribution in [2.75, 3.05) is 31.1 Å². The molecule has 2 aliphatic rings. The molecule has 2 amide bonds. The fourth-order valence-corrected chi connectivity index (χ4v) is 3.65. The molecule has 0 spiro atoms. The van der Waals surface area contributed by atoms with Crippen LogP contribution in [0, 0.1) is 6.92 Å². The number of ether oxygens (including phenoxy) is 1. The normalized spacial score (nSPS) is 19.6. The summed E-state index contributed by atoms with van der Waals surface area (Å²) < 4.78 is 10.7. The highest BCUT2D eigenvalue weighted by Gasteiger charge is 2.30. The standard InChI is InChI=1S/C19H22N4O4/c1-13-20-19(27-21-13)14-5-4-9-22(11-14)17(24)8-10-23-15-6-2-3-7-16(15)26-12-18(23)25/h2-3,6-7,14H,4-5,8-12H2,1H3. The SMILES string of the molecule is Cc1noc(C2CCCN(C(=O)CCN3C(=O)COc4ccccc43)C2)n1. The third-order valence-corrected chi connectivity index (χ3v) is 5.02. The maximum absolute atomic E-state index is 12.7. The number of aromatic nitrogens is 2. The molecule has 1 saturated heterocycles. The van der Waals surface area contributed by atoms with Gasteiger partial charge in [0, 0.05) is 26.1 Å². The fourth-order valence-electron chi connectivity index (χ4n) is 3.65. The van der Waals surface area contributed by atoms with Crippen molar-refractivity contribution in [1.29, 1.82) is 0 Å². The molecule has 142 valence electrons. The van der Waals surface area contributed by atoms with E-state index >= 15 is 0 Å². The molecule has 0 aliphatic carbocycles. The predicted octanol–water partition coefficient (Wildman–Crippen LogP) is 1.90.